The van der Waals surface area contributed by atoms with Crippen molar-refractivity contribution in [2.24, 2.45) is 0 Å². The summed E-state index contributed by atoms with van der Waals surface area (Å²) in [6.45, 7) is 0.494. The van der Waals surface area contributed by atoms with E-state index in [1.54, 1.807) is 31.4 Å². The Morgan fingerprint density at radius 3 is 2.61 bits per heavy atom. The average Bonchev–Trinajstić information content (AvgIpc) is 2.86. The van der Waals surface area contributed by atoms with Gasteiger partial charge in [0.25, 0.3) is 10.0 Å². The molecule has 0 amide bonds. The highest BCUT2D eigenvalue weighted by atomic mass is 32.2. The summed E-state index contributed by atoms with van der Waals surface area (Å²) in [6.07, 6.45) is 2.57. The third-order valence-corrected chi connectivity index (χ3v) is 3.59. The number of H-pyrrole nitrogens is 1. The van der Waals surface area contributed by atoms with Crippen molar-refractivity contribution in [3.05, 3.63) is 42.4 Å². The van der Waals surface area contributed by atoms with Crippen LogP contribution in [0.3, 0.4) is 0 Å². The van der Waals surface area contributed by atoms with E-state index in [0.717, 1.165) is 5.56 Å². The van der Waals surface area contributed by atoms with E-state index in [9.17, 15) is 8.42 Å². The maximum Gasteiger partial charge on any atom is 0.278 e. The zero-order chi connectivity index (χ0) is 13.0. The topological polar surface area (TPSA) is 84.1 Å². The fourth-order valence-electron chi connectivity index (χ4n) is 1.44. The lowest BCUT2D eigenvalue weighted by atomic mass is 10.2. The van der Waals surface area contributed by atoms with E-state index in [4.69, 9.17) is 4.74 Å². The number of methoxy groups -OCH3 is 1. The van der Waals surface area contributed by atoms with Crippen molar-refractivity contribution in [2.45, 2.75) is 11.6 Å². The highest BCUT2D eigenvalue weighted by molar-refractivity contribution is 7.92. The van der Waals surface area contributed by atoms with Crippen LogP contribution in [0.25, 0.3) is 0 Å². The first-order valence-corrected chi connectivity index (χ1v) is 6.69. The van der Waals surface area contributed by atoms with Crippen molar-refractivity contribution in [2.75, 3.05) is 11.8 Å². The van der Waals surface area contributed by atoms with Gasteiger partial charge in [-0.1, -0.05) is 12.1 Å². The Bertz CT molecular complexity index is 591. The quantitative estimate of drug-likeness (QED) is 0.856. The average molecular weight is 267 g/mol. The lowest BCUT2D eigenvalue weighted by Crippen LogP contribution is -2.13. The van der Waals surface area contributed by atoms with Crippen LogP contribution in [0.1, 0.15) is 5.56 Å². The van der Waals surface area contributed by atoms with Crippen molar-refractivity contribution >= 4 is 15.7 Å². The molecule has 0 aliphatic heterocycles. The number of anilines is 1. The molecule has 0 radical (unpaired) electrons. The van der Waals surface area contributed by atoms with Gasteiger partial charge in [-0.2, -0.15) is 8.42 Å². The molecule has 2 aromatic rings. The van der Waals surface area contributed by atoms with Gasteiger partial charge in [-0.3, -0.25) is 4.72 Å². The molecule has 96 valence electrons. The van der Waals surface area contributed by atoms with E-state index in [0.29, 0.717) is 12.3 Å². The molecule has 2 N–H and O–H groups in total. The highest BCUT2D eigenvalue weighted by Gasteiger charge is 2.15. The van der Waals surface area contributed by atoms with Crippen molar-refractivity contribution in [3.8, 4) is 0 Å². The van der Waals surface area contributed by atoms with E-state index in [1.165, 1.54) is 12.5 Å². The Morgan fingerprint density at radius 1 is 1.33 bits per heavy atom. The van der Waals surface area contributed by atoms with Crippen LogP contribution in [-0.2, 0) is 21.4 Å². The SMILES string of the molecule is COCc1ccc(NS(=O)(=O)c2cnc[nH]2)cc1. The fourth-order valence-corrected chi connectivity index (χ4v) is 2.40. The minimum absolute atomic E-state index is 0.0310. The molecule has 1 heterocycles. The predicted octanol–water partition coefficient (Wildman–Crippen LogP) is 1.36. The largest absolute Gasteiger partial charge is 0.380 e. The molecule has 0 aliphatic carbocycles. The second kappa shape index (κ2) is 5.19. The summed E-state index contributed by atoms with van der Waals surface area (Å²) in [4.78, 5) is 6.23. The Labute approximate surface area is 105 Å². The van der Waals surface area contributed by atoms with Gasteiger partial charge >= 0.3 is 0 Å². The van der Waals surface area contributed by atoms with Crippen LogP contribution in [0, 0.1) is 0 Å². The molecule has 1 aromatic carbocycles. The van der Waals surface area contributed by atoms with Crippen LogP contribution in [0.4, 0.5) is 5.69 Å². The van der Waals surface area contributed by atoms with Gasteiger partial charge < -0.3 is 9.72 Å². The van der Waals surface area contributed by atoms with Crippen LogP contribution in [-0.4, -0.2) is 25.5 Å². The number of aromatic nitrogens is 2. The van der Waals surface area contributed by atoms with E-state index in [2.05, 4.69) is 14.7 Å². The van der Waals surface area contributed by atoms with Crippen LogP contribution < -0.4 is 4.72 Å². The van der Waals surface area contributed by atoms with Crippen LogP contribution in [0.15, 0.2) is 41.8 Å². The van der Waals surface area contributed by atoms with Gasteiger partial charge in [-0.15, -0.1) is 0 Å². The van der Waals surface area contributed by atoms with Crippen LogP contribution >= 0.6 is 0 Å². The smallest absolute Gasteiger partial charge is 0.278 e. The summed E-state index contributed by atoms with van der Waals surface area (Å²) in [5.74, 6) is 0. The number of sulfonamides is 1. The molecule has 0 atom stereocenters. The molecule has 0 bridgehead atoms. The monoisotopic (exact) mass is 267 g/mol. The summed E-state index contributed by atoms with van der Waals surface area (Å²) in [5.41, 5.74) is 1.46. The van der Waals surface area contributed by atoms with Gasteiger partial charge in [-0.05, 0) is 17.7 Å². The summed E-state index contributed by atoms with van der Waals surface area (Å²) in [6, 6.07) is 6.97. The number of nitrogens with zero attached hydrogens (tertiary/aromatic N) is 1. The second-order valence-electron chi connectivity index (χ2n) is 3.65. The Morgan fingerprint density at radius 2 is 2.06 bits per heavy atom. The summed E-state index contributed by atoms with van der Waals surface area (Å²) >= 11 is 0. The van der Waals surface area contributed by atoms with Crippen molar-refractivity contribution in [1.29, 1.82) is 0 Å². The summed E-state index contributed by atoms with van der Waals surface area (Å²) in [5, 5.41) is 0.0310. The summed E-state index contributed by atoms with van der Waals surface area (Å²) in [7, 11) is -1.99. The third kappa shape index (κ3) is 2.88. The number of ether oxygens (including phenoxy) is 1. The molecule has 0 spiro atoms. The first-order valence-electron chi connectivity index (χ1n) is 5.21. The van der Waals surface area contributed by atoms with E-state index < -0.39 is 10.0 Å². The van der Waals surface area contributed by atoms with E-state index in [1.807, 2.05) is 0 Å². The lowest BCUT2D eigenvalue weighted by molar-refractivity contribution is 0.185. The zero-order valence-corrected chi connectivity index (χ0v) is 10.6. The normalized spacial score (nSPS) is 11.4. The number of benzene rings is 1. The van der Waals surface area contributed by atoms with Crippen molar-refractivity contribution < 1.29 is 13.2 Å². The number of imidazole rings is 1. The summed E-state index contributed by atoms with van der Waals surface area (Å²) < 4.78 is 31.2. The number of aromatic amines is 1. The molecule has 18 heavy (non-hydrogen) atoms. The minimum Gasteiger partial charge on any atom is -0.380 e. The van der Waals surface area contributed by atoms with Gasteiger partial charge in [0.2, 0.25) is 0 Å². The zero-order valence-electron chi connectivity index (χ0n) is 9.75. The third-order valence-electron chi connectivity index (χ3n) is 2.28. The maximum atomic E-state index is 11.9. The molecule has 0 unspecified atom stereocenters. The van der Waals surface area contributed by atoms with Gasteiger partial charge in [-0.25, -0.2) is 4.98 Å². The molecule has 7 heteroatoms. The van der Waals surface area contributed by atoms with E-state index in [-0.39, 0.29) is 5.03 Å². The molecule has 1 aromatic heterocycles. The van der Waals surface area contributed by atoms with Gasteiger partial charge in [0.05, 0.1) is 19.1 Å². The minimum atomic E-state index is -3.59. The Kier molecular flexibility index (Phi) is 3.63. The lowest BCUT2D eigenvalue weighted by Gasteiger charge is -2.06. The number of hydrogen-bond donors (Lipinski definition) is 2. The van der Waals surface area contributed by atoms with Crippen molar-refractivity contribution in [3.63, 3.8) is 0 Å². The van der Waals surface area contributed by atoms with Gasteiger partial charge in [0.1, 0.15) is 0 Å². The highest BCUT2D eigenvalue weighted by Crippen LogP contribution is 2.15. The molecule has 0 aliphatic rings. The van der Waals surface area contributed by atoms with Crippen molar-refractivity contribution in [1.82, 2.24) is 9.97 Å². The predicted molar refractivity (Wildman–Crippen MR) is 66.6 cm³/mol. The Balaban J connectivity index is 2.14. The maximum absolute atomic E-state index is 11.9. The molecular formula is C11H13N3O3S. The molecule has 2 rings (SSSR count). The van der Waals surface area contributed by atoms with Crippen LogP contribution in [0.2, 0.25) is 0 Å². The Hall–Kier alpha value is -1.86. The molecule has 0 fully saturated rings. The molecule has 0 saturated heterocycles. The standard InChI is InChI=1S/C11H13N3O3S/c1-17-7-9-2-4-10(5-3-9)14-18(15,16)11-6-12-8-13-11/h2-6,8,14H,7H2,1H3,(H,12,13). The molecule has 0 saturated carbocycles. The fraction of sp³-hybridized carbons (Fsp3) is 0.182. The second-order valence-corrected chi connectivity index (χ2v) is 5.30. The van der Waals surface area contributed by atoms with Gasteiger partial charge in [0, 0.05) is 12.8 Å². The first-order chi connectivity index (χ1) is 8.62. The molecule has 6 nitrogen and oxygen atoms in total. The number of nitrogens with one attached hydrogen (secondary N) is 2. The number of rotatable bonds is 5. The van der Waals surface area contributed by atoms with E-state index >= 15 is 0 Å². The molecular weight excluding hydrogens is 254 g/mol. The first kappa shape index (κ1) is 12.6. The van der Waals surface area contributed by atoms with Crippen LogP contribution in [0.5, 0.6) is 0 Å². The number of hydrogen-bond acceptors (Lipinski definition) is 4. The van der Waals surface area contributed by atoms with Gasteiger partial charge in [0.15, 0.2) is 5.03 Å².